The zero-order chi connectivity index (χ0) is 24.1. The summed E-state index contributed by atoms with van der Waals surface area (Å²) in [5, 5.41) is 9.59. The number of benzene rings is 1. The summed E-state index contributed by atoms with van der Waals surface area (Å²) in [5.74, 6) is 1.61. The van der Waals surface area contributed by atoms with E-state index in [1.54, 1.807) is 30.7 Å². The quantitative estimate of drug-likeness (QED) is 0.455. The van der Waals surface area contributed by atoms with E-state index in [4.69, 9.17) is 4.74 Å². The zero-order valence-electron chi connectivity index (χ0n) is 20.3. The number of nitrogens with one attached hydrogen (secondary N) is 3. The molecule has 7 nitrogen and oxygen atoms in total. The van der Waals surface area contributed by atoms with Crippen molar-refractivity contribution in [3.05, 3.63) is 77.7 Å². The van der Waals surface area contributed by atoms with Crippen LogP contribution in [0.25, 0.3) is 0 Å². The summed E-state index contributed by atoms with van der Waals surface area (Å²) < 4.78 is 6.39. The highest BCUT2D eigenvalue weighted by Gasteiger charge is 2.27. The molecule has 2 aromatic heterocycles. The molecule has 1 unspecified atom stereocenters. The van der Waals surface area contributed by atoms with Crippen molar-refractivity contribution >= 4 is 17.4 Å². The van der Waals surface area contributed by atoms with E-state index in [1.165, 1.54) is 0 Å². The molecule has 0 spiro atoms. The highest BCUT2D eigenvalue weighted by atomic mass is 16.5. The fourth-order valence-electron chi connectivity index (χ4n) is 3.87. The van der Waals surface area contributed by atoms with Gasteiger partial charge in [-0.3, -0.25) is 9.78 Å². The number of hydrogen-bond donors (Lipinski definition) is 3. The van der Waals surface area contributed by atoms with Crippen LogP contribution in [0.1, 0.15) is 49.2 Å². The van der Waals surface area contributed by atoms with E-state index in [-0.39, 0.29) is 17.4 Å². The molecular formula is C27H33N5O2. The molecule has 0 saturated carbocycles. The lowest BCUT2D eigenvalue weighted by atomic mass is 9.86. The standard InChI is InChI=1S/C27H33N5O2/c1-18(20-16-29-17-20)34-24-14-21(7-8-23(24)27(2,3)4)32-26(33)22-6-5-11-30-25(22)31-15-19-9-12-28-13-10-19/h5-14,18,20,29H,15-17H2,1-4H3,(H,30,31)(H,32,33). The van der Waals surface area contributed by atoms with Crippen molar-refractivity contribution in [2.24, 2.45) is 5.92 Å². The maximum Gasteiger partial charge on any atom is 0.259 e. The third kappa shape index (κ3) is 5.72. The fourth-order valence-corrected chi connectivity index (χ4v) is 3.87. The molecule has 1 amide bonds. The predicted octanol–water partition coefficient (Wildman–Crippen LogP) is 4.63. The molecule has 1 aromatic carbocycles. The van der Waals surface area contributed by atoms with Crippen molar-refractivity contribution < 1.29 is 9.53 Å². The number of amides is 1. The van der Waals surface area contributed by atoms with Crippen LogP contribution in [0.5, 0.6) is 5.75 Å². The number of aromatic nitrogens is 2. The van der Waals surface area contributed by atoms with Gasteiger partial charge in [0.05, 0.1) is 5.56 Å². The number of pyridine rings is 2. The van der Waals surface area contributed by atoms with Gasteiger partial charge in [0.25, 0.3) is 5.91 Å². The van der Waals surface area contributed by atoms with E-state index in [2.05, 4.69) is 53.6 Å². The Morgan fingerprint density at radius 2 is 1.91 bits per heavy atom. The second-order valence-corrected chi connectivity index (χ2v) is 9.76. The van der Waals surface area contributed by atoms with Gasteiger partial charge in [-0.25, -0.2) is 4.98 Å². The molecule has 3 N–H and O–H groups in total. The molecule has 3 aromatic rings. The van der Waals surface area contributed by atoms with Gasteiger partial charge in [0.1, 0.15) is 17.7 Å². The molecule has 178 valence electrons. The summed E-state index contributed by atoms with van der Waals surface area (Å²) in [7, 11) is 0. The molecular weight excluding hydrogens is 426 g/mol. The van der Waals surface area contributed by atoms with E-state index in [1.807, 2.05) is 30.3 Å². The van der Waals surface area contributed by atoms with E-state index >= 15 is 0 Å². The Balaban J connectivity index is 1.52. The van der Waals surface area contributed by atoms with Crippen LogP contribution in [0, 0.1) is 5.92 Å². The minimum atomic E-state index is -0.226. The van der Waals surface area contributed by atoms with Crippen LogP contribution in [-0.2, 0) is 12.0 Å². The van der Waals surface area contributed by atoms with Gasteiger partial charge in [-0.15, -0.1) is 0 Å². The second kappa shape index (κ2) is 10.2. The van der Waals surface area contributed by atoms with Crippen molar-refractivity contribution in [3.63, 3.8) is 0 Å². The van der Waals surface area contributed by atoms with Gasteiger partial charge in [0.15, 0.2) is 0 Å². The van der Waals surface area contributed by atoms with Crippen LogP contribution in [-0.4, -0.2) is 35.1 Å². The van der Waals surface area contributed by atoms with Crippen molar-refractivity contribution in [2.75, 3.05) is 23.7 Å². The predicted molar refractivity (Wildman–Crippen MR) is 135 cm³/mol. The lowest BCUT2D eigenvalue weighted by Crippen LogP contribution is -2.49. The maximum absolute atomic E-state index is 13.2. The maximum atomic E-state index is 13.2. The SMILES string of the molecule is CC(Oc1cc(NC(=O)c2cccnc2NCc2ccncc2)ccc1C(C)(C)C)C1CNC1. The smallest absolute Gasteiger partial charge is 0.259 e. The molecule has 0 radical (unpaired) electrons. The van der Waals surface area contributed by atoms with Gasteiger partial charge in [0.2, 0.25) is 0 Å². The Bertz CT molecular complexity index is 1120. The van der Waals surface area contributed by atoms with E-state index in [0.717, 1.165) is 30.0 Å². The summed E-state index contributed by atoms with van der Waals surface area (Å²) >= 11 is 0. The zero-order valence-corrected chi connectivity index (χ0v) is 20.3. The van der Waals surface area contributed by atoms with E-state index in [0.29, 0.717) is 29.5 Å². The monoisotopic (exact) mass is 459 g/mol. The van der Waals surface area contributed by atoms with Crippen LogP contribution in [0.4, 0.5) is 11.5 Å². The number of carbonyl (C=O) groups excluding carboxylic acids is 1. The summed E-state index contributed by atoms with van der Waals surface area (Å²) in [5.41, 5.74) is 3.26. The summed E-state index contributed by atoms with van der Waals surface area (Å²) in [6.07, 6.45) is 5.25. The van der Waals surface area contributed by atoms with Gasteiger partial charge in [-0.1, -0.05) is 26.8 Å². The van der Waals surface area contributed by atoms with Crippen molar-refractivity contribution in [1.29, 1.82) is 0 Å². The molecule has 0 bridgehead atoms. The first-order valence-corrected chi connectivity index (χ1v) is 11.7. The average Bonchev–Trinajstić information content (AvgIpc) is 2.76. The summed E-state index contributed by atoms with van der Waals surface area (Å²) in [6, 6.07) is 13.3. The van der Waals surface area contributed by atoms with Crippen LogP contribution in [0.3, 0.4) is 0 Å². The Hall–Kier alpha value is -3.45. The van der Waals surface area contributed by atoms with Gasteiger partial charge in [-0.2, -0.15) is 0 Å². The molecule has 0 aliphatic carbocycles. The minimum absolute atomic E-state index is 0.0805. The normalized spacial score (nSPS) is 14.7. The molecule has 1 saturated heterocycles. The molecule has 1 atom stereocenters. The first-order chi connectivity index (χ1) is 16.3. The van der Waals surface area contributed by atoms with Crippen LogP contribution < -0.4 is 20.7 Å². The minimum Gasteiger partial charge on any atom is -0.490 e. The average molecular weight is 460 g/mol. The molecule has 3 heterocycles. The number of anilines is 2. The molecule has 1 aliphatic heterocycles. The lowest BCUT2D eigenvalue weighted by Gasteiger charge is -2.34. The second-order valence-electron chi connectivity index (χ2n) is 9.76. The number of hydrogen-bond acceptors (Lipinski definition) is 6. The Kier molecular flexibility index (Phi) is 7.12. The van der Waals surface area contributed by atoms with Crippen LogP contribution in [0.15, 0.2) is 61.1 Å². The highest BCUT2D eigenvalue weighted by molar-refractivity contribution is 6.07. The van der Waals surface area contributed by atoms with Crippen LogP contribution >= 0.6 is 0 Å². The van der Waals surface area contributed by atoms with Gasteiger partial charge in [-0.05, 0) is 53.8 Å². The Labute approximate surface area is 201 Å². The lowest BCUT2D eigenvalue weighted by molar-refractivity contribution is 0.102. The van der Waals surface area contributed by atoms with Gasteiger partial charge < -0.3 is 20.7 Å². The summed E-state index contributed by atoms with van der Waals surface area (Å²) in [4.78, 5) is 21.6. The molecule has 34 heavy (non-hydrogen) atoms. The first-order valence-electron chi connectivity index (χ1n) is 11.7. The summed E-state index contributed by atoms with van der Waals surface area (Å²) in [6.45, 7) is 11.1. The van der Waals surface area contributed by atoms with Gasteiger partial charge >= 0.3 is 0 Å². The third-order valence-corrected chi connectivity index (χ3v) is 6.10. The molecule has 1 fully saturated rings. The first kappa shape index (κ1) is 23.7. The van der Waals surface area contributed by atoms with E-state index in [9.17, 15) is 4.79 Å². The molecule has 1 aliphatic rings. The van der Waals surface area contributed by atoms with Crippen LogP contribution in [0.2, 0.25) is 0 Å². The van der Waals surface area contributed by atoms with E-state index < -0.39 is 0 Å². The number of ether oxygens (including phenoxy) is 1. The van der Waals surface area contributed by atoms with Gasteiger partial charge in [0, 0.05) is 55.9 Å². The highest BCUT2D eigenvalue weighted by Crippen LogP contribution is 2.35. The number of nitrogens with zero attached hydrogens (tertiary/aromatic N) is 2. The topological polar surface area (TPSA) is 88.2 Å². The molecule has 7 heteroatoms. The van der Waals surface area contributed by atoms with Crippen molar-refractivity contribution in [3.8, 4) is 5.75 Å². The Morgan fingerprint density at radius 3 is 2.59 bits per heavy atom. The number of carbonyl (C=O) groups is 1. The molecule has 4 rings (SSSR count). The fraction of sp³-hybridized carbons (Fsp3) is 0.370. The van der Waals surface area contributed by atoms with Crippen molar-refractivity contribution in [1.82, 2.24) is 15.3 Å². The third-order valence-electron chi connectivity index (χ3n) is 6.10. The number of rotatable bonds is 8. The Morgan fingerprint density at radius 1 is 1.15 bits per heavy atom. The largest absolute Gasteiger partial charge is 0.490 e. The van der Waals surface area contributed by atoms with Crippen molar-refractivity contribution in [2.45, 2.75) is 45.8 Å².